The number of methoxy groups -OCH3 is 1. The largest absolute Gasteiger partial charge is 0.503 e. The third kappa shape index (κ3) is 5.21. The summed E-state index contributed by atoms with van der Waals surface area (Å²) in [6.45, 7) is 3.80. The van der Waals surface area contributed by atoms with E-state index in [9.17, 15) is 19.5 Å². The van der Waals surface area contributed by atoms with Gasteiger partial charge in [-0.25, -0.2) is 4.90 Å². The zero-order valence-electron chi connectivity index (χ0n) is 28.9. The molecule has 4 aromatic rings. The fourth-order valence-electron chi connectivity index (χ4n) is 9.04. The van der Waals surface area contributed by atoms with Gasteiger partial charge in [0.1, 0.15) is 0 Å². The molecule has 0 aromatic heterocycles. The number of carbonyl (C=O) groups is 4. The van der Waals surface area contributed by atoms with E-state index < -0.39 is 46.8 Å². The van der Waals surface area contributed by atoms with Gasteiger partial charge in [0.25, 0.3) is 11.8 Å². The number of aryl methyl sites for hydroxylation is 2. The van der Waals surface area contributed by atoms with Crippen LogP contribution in [0.3, 0.4) is 0 Å². The molecule has 6 unspecified atom stereocenters. The Morgan fingerprint density at radius 3 is 2.28 bits per heavy atom. The lowest BCUT2D eigenvalue weighted by Crippen LogP contribution is -2.53. The summed E-state index contributed by atoms with van der Waals surface area (Å²) in [5.41, 5.74) is 6.39. The van der Waals surface area contributed by atoms with Gasteiger partial charge in [-0.15, -0.1) is 0 Å². The second-order valence-electron chi connectivity index (χ2n) is 14.2. The van der Waals surface area contributed by atoms with Crippen LogP contribution >= 0.6 is 43.5 Å². The van der Waals surface area contributed by atoms with Gasteiger partial charge in [0.15, 0.2) is 11.5 Å². The number of rotatable bonds is 6. The minimum Gasteiger partial charge on any atom is -0.503 e. The smallest absolute Gasteiger partial charge is 0.260 e. The Morgan fingerprint density at radius 1 is 0.887 bits per heavy atom. The molecule has 3 fully saturated rings. The molecule has 4 amide bonds. The molecule has 2 aliphatic heterocycles. The number of carbonyl (C=O) groups excluding carboxylic acids is 4. The highest BCUT2D eigenvalue weighted by Gasteiger charge is 2.70. The Hall–Kier alpha value is -4.45. The van der Waals surface area contributed by atoms with Crippen LogP contribution in [-0.2, 0) is 24.6 Å². The first-order valence-electron chi connectivity index (χ1n) is 17.3. The van der Waals surface area contributed by atoms with Gasteiger partial charge in [-0.05, 0) is 111 Å². The summed E-state index contributed by atoms with van der Waals surface area (Å²) >= 11 is 13.7. The van der Waals surface area contributed by atoms with Gasteiger partial charge >= 0.3 is 0 Å². The molecule has 2 aliphatic carbocycles. The number of halogens is 3. The number of anilines is 2. The van der Waals surface area contributed by atoms with Crippen LogP contribution in [0.2, 0.25) is 5.02 Å². The summed E-state index contributed by atoms with van der Waals surface area (Å²) in [6, 6.07) is 23.5. The van der Waals surface area contributed by atoms with E-state index in [-0.39, 0.29) is 36.2 Å². The molecule has 53 heavy (non-hydrogen) atoms. The van der Waals surface area contributed by atoms with Gasteiger partial charge in [0.2, 0.25) is 11.8 Å². The standard InChI is InChI=1S/C41H34Br2ClN3O6/c1-20-9-12-23(13-10-20)45-47-38(50)29-18-27-25(15-16-26-32(27)39(51)46(37(26)49)24-14-11-21(2)30(44)17-24)33(28-19-31(53-3)36(48)35(43)34(28)42)41(29,40(47)52)22-7-5-4-6-8-22/h4-15,17,19,26-27,29,32-33,45,48H,16,18H2,1-3H3. The molecule has 270 valence electrons. The van der Waals surface area contributed by atoms with Crippen LogP contribution < -0.4 is 15.1 Å². The number of phenols is 1. The molecule has 6 atom stereocenters. The number of hydrazine groups is 1. The van der Waals surface area contributed by atoms with Crippen LogP contribution in [0.4, 0.5) is 11.4 Å². The minimum absolute atomic E-state index is 0.140. The number of imide groups is 2. The maximum absolute atomic E-state index is 15.4. The number of nitrogens with zero attached hydrogens (tertiary/aromatic N) is 2. The number of aromatic hydroxyl groups is 1. The summed E-state index contributed by atoms with van der Waals surface area (Å²) in [6.07, 6.45) is 2.39. The van der Waals surface area contributed by atoms with Crippen molar-refractivity contribution in [2.75, 3.05) is 17.4 Å². The van der Waals surface area contributed by atoms with Gasteiger partial charge in [-0.2, -0.15) is 5.01 Å². The summed E-state index contributed by atoms with van der Waals surface area (Å²) in [5.74, 6) is -5.37. The van der Waals surface area contributed by atoms with Gasteiger partial charge in [-0.1, -0.05) is 77.3 Å². The van der Waals surface area contributed by atoms with E-state index in [1.807, 2.05) is 74.5 Å². The molecule has 9 nitrogen and oxygen atoms in total. The van der Waals surface area contributed by atoms with Gasteiger partial charge < -0.3 is 9.84 Å². The SMILES string of the molecule is COc1cc(C2C3=CCC4C(=O)N(c5ccc(C)c(Cl)c5)C(=O)C4C3CC3C(=O)N(Nc4ccc(C)cc4)C(=O)C32c2ccccc2)c(Br)c(Br)c1O. The summed E-state index contributed by atoms with van der Waals surface area (Å²) < 4.78 is 6.40. The highest BCUT2D eigenvalue weighted by atomic mass is 79.9. The van der Waals surface area contributed by atoms with Crippen molar-refractivity contribution in [3.63, 3.8) is 0 Å². The van der Waals surface area contributed by atoms with E-state index in [2.05, 4.69) is 37.3 Å². The fraction of sp³-hybridized carbons (Fsp3) is 0.268. The number of ether oxygens (including phenoxy) is 1. The summed E-state index contributed by atoms with van der Waals surface area (Å²) in [4.78, 5) is 60.3. The molecule has 0 bridgehead atoms. The van der Waals surface area contributed by atoms with Crippen molar-refractivity contribution in [3.8, 4) is 11.5 Å². The Labute approximate surface area is 328 Å². The number of hydrogen-bond donors (Lipinski definition) is 2. The number of benzene rings is 4. The topological polar surface area (TPSA) is 116 Å². The first kappa shape index (κ1) is 35.6. The third-order valence-electron chi connectivity index (χ3n) is 11.5. The highest BCUT2D eigenvalue weighted by Crippen LogP contribution is 2.65. The van der Waals surface area contributed by atoms with Crippen LogP contribution in [0.25, 0.3) is 0 Å². The molecule has 2 heterocycles. The lowest BCUT2D eigenvalue weighted by Gasteiger charge is -2.51. The van der Waals surface area contributed by atoms with Crippen molar-refractivity contribution in [1.82, 2.24) is 5.01 Å². The van der Waals surface area contributed by atoms with Gasteiger partial charge in [-0.3, -0.25) is 24.6 Å². The number of amides is 4. The molecular weight excluding hydrogens is 826 g/mol. The molecule has 2 N–H and O–H groups in total. The minimum atomic E-state index is -1.50. The van der Waals surface area contributed by atoms with E-state index in [1.165, 1.54) is 12.0 Å². The fourth-order valence-corrected chi connectivity index (χ4v) is 10.2. The molecule has 12 heteroatoms. The normalized spacial score (nSPS) is 26.3. The van der Waals surface area contributed by atoms with Crippen molar-refractivity contribution in [2.24, 2.45) is 23.7 Å². The first-order valence-corrected chi connectivity index (χ1v) is 19.2. The number of fused-ring (bicyclic) bond motifs is 4. The van der Waals surface area contributed by atoms with Gasteiger partial charge in [0.05, 0.1) is 46.1 Å². The van der Waals surface area contributed by atoms with Crippen LogP contribution in [0.15, 0.2) is 99.5 Å². The second-order valence-corrected chi connectivity index (χ2v) is 16.2. The van der Waals surface area contributed by atoms with Crippen LogP contribution in [0.1, 0.15) is 41.0 Å². The Kier molecular flexibility index (Phi) is 8.82. The van der Waals surface area contributed by atoms with Crippen molar-refractivity contribution < 1.29 is 29.0 Å². The molecular formula is C41H34Br2ClN3O6. The van der Waals surface area contributed by atoms with E-state index in [4.69, 9.17) is 16.3 Å². The monoisotopic (exact) mass is 857 g/mol. The van der Waals surface area contributed by atoms with Crippen molar-refractivity contribution >= 4 is 78.5 Å². The molecule has 1 saturated carbocycles. The number of hydrogen-bond acceptors (Lipinski definition) is 7. The van der Waals surface area contributed by atoms with E-state index in [0.717, 1.165) is 21.7 Å². The average Bonchev–Trinajstić information content (AvgIpc) is 3.54. The zero-order chi connectivity index (χ0) is 37.5. The van der Waals surface area contributed by atoms with Crippen LogP contribution in [0.5, 0.6) is 11.5 Å². The highest BCUT2D eigenvalue weighted by molar-refractivity contribution is 9.13. The lowest BCUT2D eigenvalue weighted by atomic mass is 9.49. The van der Waals surface area contributed by atoms with E-state index >= 15 is 4.79 Å². The Balaban J connectivity index is 1.35. The molecule has 4 aliphatic rings. The predicted molar refractivity (Wildman–Crippen MR) is 208 cm³/mol. The predicted octanol–water partition coefficient (Wildman–Crippen LogP) is 8.39. The number of allylic oxidation sites excluding steroid dienone is 2. The molecule has 0 spiro atoms. The number of phenolic OH excluding ortho intramolecular Hbond substituents is 1. The third-order valence-corrected chi connectivity index (χ3v) is 14.1. The summed E-state index contributed by atoms with van der Waals surface area (Å²) in [7, 11) is 1.44. The second kappa shape index (κ2) is 13.1. The Bertz CT molecular complexity index is 2260. The van der Waals surface area contributed by atoms with Crippen LogP contribution in [0, 0.1) is 37.5 Å². The van der Waals surface area contributed by atoms with Crippen molar-refractivity contribution in [2.45, 2.75) is 38.0 Å². The Morgan fingerprint density at radius 2 is 1.60 bits per heavy atom. The maximum atomic E-state index is 15.4. The van der Waals surface area contributed by atoms with Crippen molar-refractivity contribution in [1.29, 1.82) is 0 Å². The number of nitrogens with one attached hydrogen (secondary N) is 1. The maximum Gasteiger partial charge on any atom is 0.260 e. The molecule has 8 rings (SSSR count). The van der Waals surface area contributed by atoms with Crippen LogP contribution in [-0.4, -0.2) is 40.9 Å². The van der Waals surface area contributed by atoms with Gasteiger partial charge in [0, 0.05) is 15.4 Å². The zero-order valence-corrected chi connectivity index (χ0v) is 32.8. The molecule has 4 aromatic carbocycles. The molecule has 2 saturated heterocycles. The van der Waals surface area contributed by atoms with E-state index in [0.29, 0.717) is 36.5 Å². The lowest BCUT2D eigenvalue weighted by molar-refractivity contribution is -0.138. The van der Waals surface area contributed by atoms with Crippen molar-refractivity contribution in [3.05, 3.63) is 127 Å². The quantitative estimate of drug-likeness (QED) is 0.148. The van der Waals surface area contributed by atoms with E-state index in [1.54, 1.807) is 24.3 Å². The summed E-state index contributed by atoms with van der Waals surface area (Å²) in [5, 5.41) is 12.6. The molecule has 0 radical (unpaired) electrons. The first-order chi connectivity index (χ1) is 25.4. The average molecular weight is 860 g/mol.